The Morgan fingerprint density at radius 1 is 1.10 bits per heavy atom. The molecule has 0 atom stereocenters. The zero-order valence-electron chi connectivity index (χ0n) is 18.3. The van der Waals surface area contributed by atoms with E-state index >= 15 is 0 Å². The van der Waals surface area contributed by atoms with Gasteiger partial charge in [0.15, 0.2) is 0 Å². The third-order valence-corrected chi connectivity index (χ3v) is 4.73. The molecule has 2 rings (SSSR count). The van der Waals surface area contributed by atoms with Crippen molar-refractivity contribution in [2.75, 3.05) is 39.1 Å². The highest BCUT2D eigenvalue weighted by Gasteiger charge is 2.15. The maximum Gasteiger partial charge on any atom is 0.414 e. The number of nitro benzene ring substituents is 1. The van der Waals surface area contributed by atoms with Crippen LogP contribution < -0.4 is 10.2 Å². The molecule has 0 saturated carbocycles. The quantitative estimate of drug-likeness (QED) is 0.486. The van der Waals surface area contributed by atoms with Crippen molar-refractivity contribution in [3.8, 4) is 0 Å². The van der Waals surface area contributed by atoms with Crippen LogP contribution in [0.2, 0.25) is 0 Å². The highest BCUT2D eigenvalue weighted by Crippen LogP contribution is 2.19. The Kier molecular flexibility index (Phi) is 8.51. The summed E-state index contributed by atoms with van der Waals surface area (Å²) in [4.78, 5) is 38.1. The average molecular weight is 428 g/mol. The molecule has 31 heavy (non-hydrogen) atoms. The second kappa shape index (κ2) is 11.1. The van der Waals surface area contributed by atoms with E-state index in [-0.39, 0.29) is 24.6 Å². The van der Waals surface area contributed by atoms with Crippen LogP contribution in [-0.4, -0.2) is 56.1 Å². The molecule has 2 aromatic carbocycles. The fourth-order valence-corrected chi connectivity index (χ4v) is 2.80. The number of hydrogen-bond donors (Lipinski definition) is 1. The van der Waals surface area contributed by atoms with Crippen LogP contribution in [0.15, 0.2) is 42.5 Å². The van der Waals surface area contributed by atoms with E-state index in [0.717, 1.165) is 12.1 Å². The number of ether oxygens (including phenoxy) is 1. The van der Waals surface area contributed by atoms with Gasteiger partial charge in [0.2, 0.25) is 5.91 Å². The van der Waals surface area contributed by atoms with E-state index in [1.807, 2.05) is 19.0 Å². The Hall–Kier alpha value is -3.46. The number of carbonyl (C=O) groups excluding carboxylic acids is 2. The molecular weight excluding hydrogens is 400 g/mol. The summed E-state index contributed by atoms with van der Waals surface area (Å²) in [6.45, 7) is 3.11. The van der Waals surface area contributed by atoms with Crippen LogP contribution in [0, 0.1) is 17.0 Å². The second-order valence-electron chi connectivity index (χ2n) is 7.48. The first-order chi connectivity index (χ1) is 14.7. The Morgan fingerprint density at radius 3 is 2.35 bits per heavy atom. The number of aryl methyl sites for hydroxylation is 1. The first-order valence-corrected chi connectivity index (χ1v) is 9.82. The maximum atomic E-state index is 12.4. The third-order valence-electron chi connectivity index (χ3n) is 4.73. The van der Waals surface area contributed by atoms with Crippen molar-refractivity contribution in [1.82, 2.24) is 10.2 Å². The maximum absolute atomic E-state index is 12.4. The summed E-state index contributed by atoms with van der Waals surface area (Å²) in [5.41, 5.74) is 2.84. The van der Waals surface area contributed by atoms with Crippen LogP contribution in [0.5, 0.6) is 0 Å². The van der Waals surface area contributed by atoms with Crippen molar-refractivity contribution in [1.29, 1.82) is 0 Å². The lowest BCUT2D eigenvalue weighted by Crippen LogP contribution is -2.32. The van der Waals surface area contributed by atoms with Crippen molar-refractivity contribution >= 4 is 23.4 Å². The lowest BCUT2D eigenvalue weighted by molar-refractivity contribution is -0.384. The second-order valence-corrected chi connectivity index (χ2v) is 7.48. The van der Waals surface area contributed by atoms with E-state index in [4.69, 9.17) is 4.74 Å². The normalized spacial score (nSPS) is 10.6. The minimum absolute atomic E-state index is 0.00355. The summed E-state index contributed by atoms with van der Waals surface area (Å²) in [6, 6.07) is 11.5. The van der Waals surface area contributed by atoms with Gasteiger partial charge in [0.25, 0.3) is 5.69 Å². The van der Waals surface area contributed by atoms with Crippen LogP contribution in [0.4, 0.5) is 16.2 Å². The summed E-state index contributed by atoms with van der Waals surface area (Å²) < 4.78 is 5.33. The number of likely N-dealkylation sites (N-methyl/N-ethyl adjacent to an activating group) is 1. The van der Waals surface area contributed by atoms with Crippen molar-refractivity contribution in [3.05, 3.63) is 69.3 Å². The molecule has 2 aromatic rings. The van der Waals surface area contributed by atoms with Gasteiger partial charge in [-0.15, -0.1) is 0 Å². The minimum Gasteiger partial charge on any atom is -0.444 e. The molecular formula is C22H28N4O5. The number of carbonyl (C=O) groups is 2. The first-order valence-electron chi connectivity index (χ1n) is 9.82. The molecule has 2 amide bonds. The Bertz CT molecular complexity index is 928. The molecule has 0 spiro atoms. The van der Waals surface area contributed by atoms with Gasteiger partial charge in [0.05, 0.1) is 11.3 Å². The number of benzene rings is 2. The van der Waals surface area contributed by atoms with Gasteiger partial charge in [-0.05, 0) is 55.9 Å². The molecule has 0 saturated heterocycles. The van der Waals surface area contributed by atoms with E-state index in [0.29, 0.717) is 23.4 Å². The molecule has 0 bridgehead atoms. The van der Waals surface area contributed by atoms with Gasteiger partial charge in [-0.2, -0.15) is 0 Å². The van der Waals surface area contributed by atoms with Gasteiger partial charge in [0, 0.05) is 38.0 Å². The van der Waals surface area contributed by atoms with Gasteiger partial charge in [0.1, 0.15) is 6.61 Å². The first kappa shape index (κ1) is 23.8. The van der Waals surface area contributed by atoms with Crippen LogP contribution in [0.3, 0.4) is 0 Å². The van der Waals surface area contributed by atoms with E-state index in [1.165, 1.54) is 17.0 Å². The molecule has 0 fully saturated rings. The number of nitrogens with one attached hydrogen (secondary N) is 1. The summed E-state index contributed by atoms with van der Waals surface area (Å²) >= 11 is 0. The van der Waals surface area contributed by atoms with Crippen LogP contribution in [0.25, 0.3) is 0 Å². The molecule has 0 unspecified atom stereocenters. The minimum atomic E-state index is -0.549. The molecule has 0 heterocycles. The van der Waals surface area contributed by atoms with Crippen LogP contribution >= 0.6 is 0 Å². The summed E-state index contributed by atoms with van der Waals surface area (Å²) in [5.74, 6) is -0.0548. The SMILES string of the molecule is Cc1cc([N+](=O)[O-])ccc1COC(=O)N(C)c1ccc(CC(=O)NCCN(C)C)cc1. The number of nitrogens with zero attached hydrogens (tertiary/aromatic N) is 3. The van der Waals surface area contributed by atoms with Crippen molar-refractivity contribution in [2.24, 2.45) is 0 Å². The Balaban J connectivity index is 1.88. The Labute approximate surface area is 181 Å². The number of rotatable bonds is 9. The lowest BCUT2D eigenvalue weighted by Gasteiger charge is -2.18. The number of amides is 2. The fraction of sp³-hybridized carbons (Fsp3) is 0.364. The molecule has 9 nitrogen and oxygen atoms in total. The van der Waals surface area contributed by atoms with Gasteiger partial charge < -0.3 is 15.0 Å². The van der Waals surface area contributed by atoms with Crippen molar-refractivity contribution in [2.45, 2.75) is 20.0 Å². The van der Waals surface area contributed by atoms with Crippen LogP contribution in [0.1, 0.15) is 16.7 Å². The zero-order valence-corrected chi connectivity index (χ0v) is 18.3. The van der Waals surface area contributed by atoms with Gasteiger partial charge in [-0.25, -0.2) is 4.79 Å². The smallest absolute Gasteiger partial charge is 0.414 e. The van der Waals surface area contributed by atoms with Crippen LogP contribution in [-0.2, 0) is 22.6 Å². The predicted octanol–water partition coefficient (Wildman–Crippen LogP) is 2.90. The largest absolute Gasteiger partial charge is 0.444 e. The summed E-state index contributed by atoms with van der Waals surface area (Å²) in [7, 11) is 5.48. The van der Waals surface area contributed by atoms with Gasteiger partial charge in [-0.3, -0.25) is 19.8 Å². The summed E-state index contributed by atoms with van der Waals surface area (Å²) in [6.07, 6.45) is -0.284. The molecule has 166 valence electrons. The van der Waals surface area contributed by atoms with Crippen molar-refractivity contribution < 1.29 is 19.2 Å². The highest BCUT2D eigenvalue weighted by atomic mass is 16.6. The predicted molar refractivity (Wildman–Crippen MR) is 118 cm³/mol. The highest BCUT2D eigenvalue weighted by molar-refractivity contribution is 5.87. The molecule has 0 aliphatic rings. The molecule has 0 aromatic heterocycles. The third kappa shape index (κ3) is 7.38. The molecule has 0 aliphatic heterocycles. The monoisotopic (exact) mass is 428 g/mol. The van der Waals surface area contributed by atoms with E-state index in [1.54, 1.807) is 44.3 Å². The van der Waals surface area contributed by atoms with Crippen molar-refractivity contribution in [3.63, 3.8) is 0 Å². The Morgan fingerprint density at radius 2 is 1.77 bits per heavy atom. The zero-order chi connectivity index (χ0) is 23.0. The molecule has 0 radical (unpaired) electrons. The molecule has 0 aliphatic carbocycles. The van der Waals surface area contributed by atoms with E-state index in [2.05, 4.69) is 5.32 Å². The number of non-ortho nitro benzene ring substituents is 1. The molecule has 1 N–H and O–H groups in total. The van der Waals surface area contributed by atoms with E-state index < -0.39 is 11.0 Å². The standard InChI is InChI=1S/C22H28N4O5/c1-16-13-20(26(29)30)10-7-18(16)15-31-22(28)25(4)19-8-5-17(6-9-19)14-21(27)23-11-12-24(2)3/h5-10,13H,11-12,14-15H2,1-4H3,(H,23,27). The van der Waals surface area contributed by atoms with Gasteiger partial charge >= 0.3 is 6.09 Å². The topological polar surface area (TPSA) is 105 Å². The van der Waals surface area contributed by atoms with E-state index in [9.17, 15) is 19.7 Å². The molecule has 9 heteroatoms. The summed E-state index contributed by atoms with van der Waals surface area (Å²) in [5, 5.41) is 13.7. The van der Waals surface area contributed by atoms with Gasteiger partial charge in [-0.1, -0.05) is 12.1 Å². The average Bonchev–Trinajstić information content (AvgIpc) is 2.72. The lowest BCUT2D eigenvalue weighted by atomic mass is 10.1. The number of hydrogen-bond acceptors (Lipinski definition) is 6. The number of anilines is 1. The fourth-order valence-electron chi connectivity index (χ4n) is 2.80. The number of nitro groups is 1.